The molecule has 1 N–H and O–H groups in total. The summed E-state index contributed by atoms with van der Waals surface area (Å²) in [6.07, 6.45) is 1.59. The third-order valence-electron chi connectivity index (χ3n) is 6.51. The van der Waals surface area contributed by atoms with Crippen LogP contribution in [0, 0.1) is 41.5 Å². The largest absolute Gasteiger partial charge is 0.318 e. The number of carbonyl (C=O) groups excluding carboxylic acids is 1. The summed E-state index contributed by atoms with van der Waals surface area (Å²) in [7, 11) is -4.00. The van der Waals surface area contributed by atoms with Gasteiger partial charge in [-0.2, -0.15) is 5.10 Å². The molecule has 4 aromatic rings. The Bertz CT molecular complexity index is 1630. The Morgan fingerprint density at radius 3 is 2.15 bits per heavy atom. The van der Waals surface area contributed by atoms with E-state index in [1.54, 1.807) is 42.6 Å². The number of anilines is 1. The average molecular weight is 543 g/mol. The van der Waals surface area contributed by atoms with Gasteiger partial charge >= 0.3 is 0 Å². The van der Waals surface area contributed by atoms with E-state index in [4.69, 9.17) is 0 Å². The Kier molecular flexibility index (Phi) is 8.06. The molecule has 1 aromatic heterocycles. The molecule has 0 unspecified atom stereocenters. The van der Waals surface area contributed by atoms with E-state index in [2.05, 4.69) is 34.2 Å². The molecule has 8 heteroatoms. The van der Waals surface area contributed by atoms with Gasteiger partial charge in [0, 0.05) is 22.6 Å². The molecule has 39 heavy (non-hydrogen) atoms. The van der Waals surface area contributed by atoms with Crippen LogP contribution in [0.2, 0.25) is 0 Å². The highest BCUT2D eigenvalue weighted by molar-refractivity contribution is 7.92. The first kappa shape index (κ1) is 27.9. The van der Waals surface area contributed by atoms with Gasteiger partial charge in [0.25, 0.3) is 15.9 Å². The first-order chi connectivity index (χ1) is 18.5. The van der Waals surface area contributed by atoms with Gasteiger partial charge in [-0.3, -0.25) is 9.10 Å². The summed E-state index contributed by atoms with van der Waals surface area (Å²) in [5.74, 6) is -0.548. The van der Waals surface area contributed by atoms with E-state index in [9.17, 15) is 13.2 Å². The molecule has 1 amide bonds. The number of hydrogen-bond donors (Lipinski definition) is 1. The van der Waals surface area contributed by atoms with Crippen molar-refractivity contribution >= 4 is 27.8 Å². The Morgan fingerprint density at radius 2 is 1.51 bits per heavy atom. The number of aryl methyl sites for hydroxylation is 5. The quantitative estimate of drug-likeness (QED) is 0.230. The summed E-state index contributed by atoms with van der Waals surface area (Å²) >= 11 is 0. The lowest BCUT2D eigenvalue weighted by atomic mass is 10.1. The van der Waals surface area contributed by atoms with Crippen molar-refractivity contribution in [3.05, 3.63) is 112 Å². The Hall–Kier alpha value is -4.17. The summed E-state index contributed by atoms with van der Waals surface area (Å²) < 4.78 is 30.6. The van der Waals surface area contributed by atoms with Gasteiger partial charge in [0.05, 0.1) is 16.8 Å². The van der Waals surface area contributed by atoms with Crippen LogP contribution in [-0.2, 0) is 14.8 Å². The standard InChI is InChI=1S/C31H34N4O3S/c1-21-10-12-30(13-11-21)39(37,38)34(29-16-23(3)14-24(4)17-29)20-31(36)33-32-19-27-18-25(5)35(26(27)6)28-9-7-8-22(2)15-28/h7-19H,20H2,1-6H3,(H,33,36)/b32-19-. The van der Waals surface area contributed by atoms with Crippen molar-refractivity contribution in [3.8, 4) is 5.69 Å². The lowest BCUT2D eigenvalue weighted by Gasteiger charge is -2.24. The Labute approximate surface area is 230 Å². The number of nitrogens with one attached hydrogen (secondary N) is 1. The fraction of sp³-hybridized carbons (Fsp3) is 0.226. The van der Waals surface area contributed by atoms with Crippen LogP contribution in [-0.4, -0.2) is 31.7 Å². The summed E-state index contributed by atoms with van der Waals surface area (Å²) in [6.45, 7) is 11.3. The van der Waals surface area contributed by atoms with Gasteiger partial charge in [-0.05, 0) is 101 Å². The number of hydrogen-bond acceptors (Lipinski definition) is 4. The van der Waals surface area contributed by atoms with Crippen molar-refractivity contribution < 1.29 is 13.2 Å². The monoisotopic (exact) mass is 542 g/mol. The molecule has 0 saturated carbocycles. The van der Waals surface area contributed by atoms with Crippen LogP contribution < -0.4 is 9.73 Å². The molecule has 3 aromatic carbocycles. The van der Waals surface area contributed by atoms with Crippen LogP contribution in [0.25, 0.3) is 5.69 Å². The first-order valence-corrected chi connectivity index (χ1v) is 14.2. The number of benzene rings is 3. The maximum absolute atomic E-state index is 13.6. The van der Waals surface area contributed by atoms with Gasteiger partial charge in [-0.15, -0.1) is 0 Å². The van der Waals surface area contributed by atoms with E-state index in [1.807, 2.05) is 58.9 Å². The highest BCUT2D eigenvalue weighted by atomic mass is 32.2. The maximum Gasteiger partial charge on any atom is 0.264 e. The molecule has 0 bridgehead atoms. The molecule has 0 atom stereocenters. The summed E-state index contributed by atoms with van der Waals surface area (Å²) in [5.41, 5.74) is 10.8. The second-order valence-corrected chi connectivity index (χ2v) is 11.8. The van der Waals surface area contributed by atoms with Crippen LogP contribution >= 0.6 is 0 Å². The third kappa shape index (κ3) is 6.29. The lowest BCUT2D eigenvalue weighted by Crippen LogP contribution is -2.39. The second kappa shape index (κ2) is 11.3. The average Bonchev–Trinajstić information content (AvgIpc) is 3.14. The second-order valence-electron chi connectivity index (χ2n) is 9.96. The molecule has 0 fully saturated rings. The SMILES string of the molecule is Cc1ccc(S(=O)(=O)N(CC(=O)N/N=C\c2cc(C)n(-c3cccc(C)c3)c2C)c2cc(C)cc(C)c2)cc1. The van der Waals surface area contributed by atoms with E-state index in [0.717, 1.165) is 49.2 Å². The fourth-order valence-electron chi connectivity index (χ4n) is 4.67. The smallest absolute Gasteiger partial charge is 0.264 e. The van der Waals surface area contributed by atoms with Gasteiger partial charge in [-0.1, -0.05) is 35.9 Å². The van der Waals surface area contributed by atoms with Gasteiger partial charge in [0.1, 0.15) is 6.54 Å². The van der Waals surface area contributed by atoms with Crippen molar-refractivity contribution in [3.63, 3.8) is 0 Å². The molecule has 0 aliphatic rings. The minimum Gasteiger partial charge on any atom is -0.318 e. The first-order valence-electron chi connectivity index (χ1n) is 12.7. The normalized spacial score (nSPS) is 11.6. The molecule has 0 saturated heterocycles. The number of amides is 1. The van der Waals surface area contributed by atoms with E-state index in [-0.39, 0.29) is 4.90 Å². The maximum atomic E-state index is 13.6. The van der Waals surface area contributed by atoms with Crippen LogP contribution in [0.3, 0.4) is 0 Å². The summed E-state index contributed by atoms with van der Waals surface area (Å²) in [4.78, 5) is 13.1. The van der Waals surface area contributed by atoms with Gasteiger partial charge in [-0.25, -0.2) is 13.8 Å². The molecule has 0 radical (unpaired) electrons. The molecule has 202 valence electrons. The van der Waals surface area contributed by atoms with Crippen molar-refractivity contribution in [2.45, 2.75) is 46.4 Å². The van der Waals surface area contributed by atoms with E-state index >= 15 is 0 Å². The van der Waals surface area contributed by atoms with Crippen molar-refractivity contribution in [2.24, 2.45) is 5.10 Å². The molecule has 7 nitrogen and oxygen atoms in total. The number of hydrazone groups is 1. The van der Waals surface area contributed by atoms with Gasteiger partial charge in [0.15, 0.2) is 0 Å². The van der Waals surface area contributed by atoms with E-state index < -0.39 is 22.5 Å². The molecule has 1 heterocycles. The number of aromatic nitrogens is 1. The van der Waals surface area contributed by atoms with Crippen molar-refractivity contribution in [1.82, 2.24) is 9.99 Å². The molecule has 0 aliphatic heterocycles. The molecular formula is C31H34N4O3S. The molecule has 0 spiro atoms. The zero-order chi connectivity index (χ0) is 28.3. The van der Waals surface area contributed by atoms with Crippen molar-refractivity contribution in [2.75, 3.05) is 10.8 Å². The Morgan fingerprint density at radius 1 is 0.846 bits per heavy atom. The number of sulfonamides is 1. The molecular weight excluding hydrogens is 508 g/mol. The highest BCUT2D eigenvalue weighted by Gasteiger charge is 2.27. The van der Waals surface area contributed by atoms with Gasteiger partial charge in [0.2, 0.25) is 0 Å². The molecule has 4 rings (SSSR count). The summed E-state index contributed by atoms with van der Waals surface area (Å²) in [5, 5.41) is 4.16. The van der Waals surface area contributed by atoms with Crippen LogP contribution in [0.1, 0.15) is 39.2 Å². The molecule has 0 aliphatic carbocycles. The van der Waals surface area contributed by atoms with E-state index in [1.165, 1.54) is 0 Å². The number of nitrogens with zero attached hydrogens (tertiary/aromatic N) is 3. The topological polar surface area (TPSA) is 83.8 Å². The van der Waals surface area contributed by atoms with Crippen molar-refractivity contribution in [1.29, 1.82) is 0 Å². The summed E-state index contributed by atoms with van der Waals surface area (Å²) in [6, 6.07) is 22.3. The predicted molar refractivity (Wildman–Crippen MR) is 157 cm³/mol. The minimum absolute atomic E-state index is 0.118. The lowest BCUT2D eigenvalue weighted by molar-refractivity contribution is -0.119. The van der Waals surface area contributed by atoms with Gasteiger partial charge < -0.3 is 4.57 Å². The number of rotatable bonds is 8. The predicted octanol–water partition coefficient (Wildman–Crippen LogP) is 5.67. The van der Waals surface area contributed by atoms with Crippen LogP contribution in [0.15, 0.2) is 82.8 Å². The minimum atomic E-state index is -4.00. The highest BCUT2D eigenvalue weighted by Crippen LogP contribution is 2.26. The fourth-order valence-corrected chi connectivity index (χ4v) is 6.07. The van der Waals surface area contributed by atoms with E-state index in [0.29, 0.717) is 5.69 Å². The third-order valence-corrected chi connectivity index (χ3v) is 8.30. The van der Waals surface area contributed by atoms with Crippen LogP contribution in [0.5, 0.6) is 0 Å². The van der Waals surface area contributed by atoms with Crippen LogP contribution in [0.4, 0.5) is 5.69 Å². The Balaban J connectivity index is 1.58. The number of carbonyl (C=O) groups is 1. The zero-order valence-electron chi connectivity index (χ0n) is 23.2. The zero-order valence-corrected chi connectivity index (χ0v) is 24.0.